The highest BCUT2D eigenvalue weighted by Gasteiger charge is 2.30. The molecule has 6 nitrogen and oxygen atoms in total. The summed E-state index contributed by atoms with van der Waals surface area (Å²) in [6.07, 6.45) is 7.59. The first-order chi connectivity index (χ1) is 16.5. The first-order valence-corrected chi connectivity index (χ1v) is 12.9. The Morgan fingerprint density at radius 2 is 1.74 bits per heavy atom. The van der Waals surface area contributed by atoms with Gasteiger partial charge in [0.05, 0.1) is 19.1 Å². The van der Waals surface area contributed by atoms with Gasteiger partial charge >= 0.3 is 5.97 Å². The number of ether oxygens (including phenoxy) is 1. The SMILES string of the molecule is CCOC(=O)C1CCN(C(=O)c2ccc(CN(Cc3ccccc3C)C3CCCCC3)o2)CC1. The van der Waals surface area contributed by atoms with E-state index in [1.165, 1.54) is 43.2 Å². The molecule has 0 unspecified atom stereocenters. The predicted molar refractivity (Wildman–Crippen MR) is 131 cm³/mol. The van der Waals surface area contributed by atoms with Crippen LogP contribution in [0.3, 0.4) is 0 Å². The zero-order valence-electron chi connectivity index (χ0n) is 20.6. The van der Waals surface area contributed by atoms with Crippen molar-refractivity contribution in [2.24, 2.45) is 5.92 Å². The molecule has 4 rings (SSSR count). The highest BCUT2D eigenvalue weighted by Crippen LogP contribution is 2.27. The molecular weight excluding hydrogens is 428 g/mol. The molecule has 1 aliphatic heterocycles. The number of esters is 1. The van der Waals surface area contributed by atoms with Crippen molar-refractivity contribution in [1.29, 1.82) is 0 Å². The van der Waals surface area contributed by atoms with Crippen LogP contribution in [0.5, 0.6) is 0 Å². The lowest BCUT2D eigenvalue weighted by Crippen LogP contribution is -2.40. The molecule has 34 heavy (non-hydrogen) atoms. The monoisotopic (exact) mass is 466 g/mol. The number of amides is 1. The lowest BCUT2D eigenvalue weighted by atomic mass is 9.93. The molecule has 0 N–H and O–H groups in total. The fraction of sp³-hybridized carbons (Fsp3) is 0.571. The zero-order chi connectivity index (χ0) is 23.9. The number of furan rings is 1. The standard InChI is InChI=1S/C28H38N2O4/c1-3-33-28(32)22-15-17-29(18-16-22)27(31)26-14-13-25(34-26)20-30(24-11-5-4-6-12-24)19-23-10-8-7-9-21(23)2/h7-10,13-14,22,24H,3-6,11-12,15-20H2,1-2H3. The van der Waals surface area contributed by atoms with Gasteiger partial charge < -0.3 is 14.1 Å². The van der Waals surface area contributed by atoms with E-state index >= 15 is 0 Å². The van der Waals surface area contributed by atoms with Crippen LogP contribution in [0, 0.1) is 12.8 Å². The average Bonchev–Trinajstić information content (AvgIpc) is 3.34. The van der Waals surface area contributed by atoms with E-state index in [9.17, 15) is 9.59 Å². The molecule has 2 fully saturated rings. The summed E-state index contributed by atoms with van der Waals surface area (Å²) in [7, 11) is 0. The first-order valence-electron chi connectivity index (χ1n) is 12.9. The molecular formula is C28H38N2O4. The zero-order valence-corrected chi connectivity index (χ0v) is 20.6. The molecule has 1 saturated heterocycles. The van der Waals surface area contributed by atoms with Crippen molar-refractivity contribution in [3.63, 3.8) is 0 Å². The topological polar surface area (TPSA) is 63.0 Å². The third kappa shape index (κ3) is 6.09. The van der Waals surface area contributed by atoms with Gasteiger partial charge in [-0.05, 0) is 62.8 Å². The van der Waals surface area contributed by atoms with Crippen molar-refractivity contribution in [3.05, 3.63) is 59.0 Å². The van der Waals surface area contributed by atoms with E-state index in [-0.39, 0.29) is 17.8 Å². The molecule has 0 bridgehead atoms. The van der Waals surface area contributed by atoms with Crippen LogP contribution in [-0.2, 0) is 22.6 Å². The summed E-state index contributed by atoms with van der Waals surface area (Å²) in [6, 6.07) is 12.9. The van der Waals surface area contributed by atoms with Gasteiger partial charge in [-0.15, -0.1) is 0 Å². The lowest BCUT2D eigenvalue weighted by Gasteiger charge is -2.34. The molecule has 184 valence electrons. The van der Waals surface area contributed by atoms with E-state index < -0.39 is 0 Å². The molecule has 2 aromatic rings. The van der Waals surface area contributed by atoms with Gasteiger partial charge in [-0.25, -0.2) is 0 Å². The number of nitrogens with zero attached hydrogens (tertiary/aromatic N) is 2. The first kappa shape index (κ1) is 24.5. The van der Waals surface area contributed by atoms with Crippen LogP contribution in [0.2, 0.25) is 0 Å². The number of hydrogen-bond donors (Lipinski definition) is 0. The minimum absolute atomic E-state index is 0.0864. The van der Waals surface area contributed by atoms with Gasteiger partial charge in [-0.2, -0.15) is 0 Å². The van der Waals surface area contributed by atoms with Crippen molar-refractivity contribution in [3.8, 4) is 0 Å². The van der Waals surface area contributed by atoms with Gasteiger partial charge in [0.15, 0.2) is 5.76 Å². The smallest absolute Gasteiger partial charge is 0.309 e. The maximum Gasteiger partial charge on any atom is 0.309 e. The summed E-state index contributed by atoms with van der Waals surface area (Å²) in [5, 5.41) is 0. The molecule has 1 aromatic heterocycles. The summed E-state index contributed by atoms with van der Waals surface area (Å²) in [4.78, 5) is 29.3. The second-order valence-corrected chi connectivity index (χ2v) is 9.71. The normalized spacial score (nSPS) is 17.8. The fourth-order valence-corrected chi connectivity index (χ4v) is 5.28. The second-order valence-electron chi connectivity index (χ2n) is 9.71. The van der Waals surface area contributed by atoms with Gasteiger partial charge in [0.2, 0.25) is 0 Å². The van der Waals surface area contributed by atoms with E-state index in [0.717, 1.165) is 12.3 Å². The van der Waals surface area contributed by atoms with E-state index in [2.05, 4.69) is 36.1 Å². The van der Waals surface area contributed by atoms with Crippen LogP contribution < -0.4 is 0 Å². The average molecular weight is 467 g/mol. The highest BCUT2D eigenvalue weighted by molar-refractivity contribution is 5.91. The van der Waals surface area contributed by atoms with E-state index in [0.29, 0.717) is 50.9 Å². The Labute approximate surface area is 203 Å². The third-order valence-corrected chi connectivity index (χ3v) is 7.36. The molecule has 2 aliphatic rings. The second kappa shape index (κ2) is 11.7. The Kier molecular flexibility index (Phi) is 8.44. The van der Waals surface area contributed by atoms with Crippen LogP contribution in [0.1, 0.15) is 79.3 Å². The molecule has 0 spiro atoms. The predicted octanol–water partition coefficient (Wildman–Crippen LogP) is 5.34. The number of carbonyl (C=O) groups is 2. The molecule has 1 amide bonds. The number of benzene rings is 1. The van der Waals surface area contributed by atoms with Gasteiger partial charge in [0.25, 0.3) is 5.91 Å². The van der Waals surface area contributed by atoms with E-state index in [1.54, 1.807) is 4.90 Å². The highest BCUT2D eigenvalue weighted by atomic mass is 16.5. The Morgan fingerprint density at radius 3 is 2.44 bits per heavy atom. The Balaban J connectivity index is 1.39. The third-order valence-electron chi connectivity index (χ3n) is 7.36. The summed E-state index contributed by atoms with van der Waals surface area (Å²) < 4.78 is 11.2. The number of aryl methyl sites for hydroxylation is 1. The molecule has 6 heteroatoms. The maximum atomic E-state index is 13.0. The minimum atomic E-state index is -0.147. The Bertz CT molecular complexity index is 955. The quantitative estimate of drug-likeness (QED) is 0.492. The largest absolute Gasteiger partial charge is 0.466 e. The van der Waals surface area contributed by atoms with Gasteiger partial charge in [-0.3, -0.25) is 14.5 Å². The van der Waals surface area contributed by atoms with Gasteiger partial charge in [0, 0.05) is 25.7 Å². The molecule has 0 atom stereocenters. The van der Waals surface area contributed by atoms with E-state index in [4.69, 9.17) is 9.15 Å². The number of rotatable bonds is 8. The van der Waals surface area contributed by atoms with Gasteiger partial charge in [0.1, 0.15) is 5.76 Å². The van der Waals surface area contributed by atoms with Crippen molar-refractivity contribution in [2.75, 3.05) is 19.7 Å². The molecule has 1 saturated carbocycles. The lowest BCUT2D eigenvalue weighted by molar-refractivity contribution is -0.149. The summed E-state index contributed by atoms with van der Waals surface area (Å²) in [5.74, 6) is 0.887. The van der Waals surface area contributed by atoms with Crippen LogP contribution >= 0.6 is 0 Å². The maximum absolute atomic E-state index is 13.0. The van der Waals surface area contributed by atoms with Crippen LogP contribution in [0.4, 0.5) is 0 Å². The molecule has 1 aliphatic carbocycles. The Morgan fingerprint density at radius 1 is 1.00 bits per heavy atom. The van der Waals surface area contributed by atoms with Crippen molar-refractivity contribution >= 4 is 11.9 Å². The van der Waals surface area contributed by atoms with Crippen molar-refractivity contribution < 1.29 is 18.7 Å². The van der Waals surface area contributed by atoms with Crippen LogP contribution in [0.15, 0.2) is 40.8 Å². The number of carbonyl (C=O) groups excluding carboxylic acids is 2. The Hall–Kier alpha value is -2.60. The van der Waals surface area contributed by atoms with Crippen LogP contribution in [-0.4, -0.2) is 47.4 Å². The van der Waals surface area contributed by atoms with Crippen molar-refractivity contribution in [1.82, 2.24) is 9.80 Å². The van der Waals surface area contributed by atoms with Crippen molar-refractivity contribution in [2.45, 2.75) is 77.9 Å². The molecule has 0 radical (unpaired) electrons. The number of hydrogen-bond acceptors (Lipinski definition) is 5. The molecule has 1 aromatic carbocycles. The summed E-state index contributed by atoms with van der Waals surface area (Å²) in [5.41, 5.74) is 2.66. The number of piperidine rings is 1. The van der Waals surface area contributed by atoms with E-state index in [1.807, 2.05) is 19.1 Å². The summed E-state index contributed by atoms with van der Waals surface area (Å²) in [6.45, 7) is 7.10. The molecule has 2 heterocycles. The van der Waals surface area contributed by atoms with Gasteiger partial charge in [-0.1, -0.05) is 43.5 Å². The fourth-order valence-electron chi connectivity index (χ4n) is 5.28. The summed E-state index contributed by atoms with van der Waals surface area (Å²) >= 11 is 0. The minimum Gasteiger partial charge on any atom is -0.466 e. The number of likely N-dealkylation sites (tertiary alicyclic amines) is 1. The van der Waals surface area contributed by atoms with Crippen LogP contribution in [0.25, 0.3) is 0 Å².